The summed E-state index contributed by atoms with van der Waals surface area (Å²) >= 11 is 6.17. The van der Waals surface area contributed by atoms with Gasteiger partial charge < -0.3 is 9.30 Å². The number of aryl methyl sites for hydroxylation is 2. The fraction of sp³-hybridized carbons (Fsp3) is 0.227. The van der Waals surface area contributed by atoms with E-state index >= 15 is 0 Å². The lowest BCUT2D eigenvalue weighted by Crippen LogP contribution is -2.34. The first-order chi connectivity index (χ1) is 13.8. The average molecular weight is 411 g/mol. The van der Waals surface area contributed by atoms with E-state index in [0.717, 1.165) is 22.4 Å². The van der Waals surface area contributed by atoms with Gasteiger partial charge in [0.1, 0.15) is 5.75 Å². The van der Waals surface area contributed by atoms with E-state index < -0.39 is 6.10 Å². The highest BCUT2D eigenvalue weighted by atomic mass is 35.5. The normalized spacial score (nSPS) is 12.5. The number of ether oxygens (including phenoxy) is 1. The lowest BCUT2D eigenvalue weighted by atomic mass is 10.1. The summed E-state index contributed by atoms with van der Waals surface area (Å²) in [7, 11) is 0. The Labute approximate surface area is 175 Å². The number of hydrazone groups is 1. The predicted octanol–water partition coefficient (Wildman–Crippen LogP) is 4.45. The molecule has 0 unspecified atom stereocenters. The Hall–Kier alpha value is -3.12. The molecule has 0 aliphatic heterocycles. The SMILES string of the molecule is C/C(=N/NC(=O)[C@@H](C)Oc1cc(C)c(Cl)c(C)c1)c1ccc(-n2ccnc2)cc1. The molecule has 1 amide bonds. The van der Waals surface area contributed by atoms with E-state index in [2.05, 4.69) is 15.5 Å². The van der Waals surface area contributed by atoms with E-state index in [1.165, 1.54) is 0 Å². The third kappa shape index (κ3) is 5.03. The summed E-state index contributed by atoms with van der Waals surface area (Å²) in [5.41, 5.74) is 6.98. The summed E-state index contributed by atoms with van der Waals surface area (Å²) in [6, 6.07) is 11.5. The van der Waals surface area contributed by atoms with Gasteiger partial charge in [-0.15, -0.1) is 0 Å². The maximum absolute atomic E-state index is 12.3. The zero-order valence-corrected chi connectivity index (χ0v) is 17.6. The Morgan fingerprint density at radius 2 is 1.86 bits per heavy atom. The van der Waals surface area contributed by atoms with Crippen molar-refractivity contribution in [2.24, 2.45) is 5.10 Å². The third-order valence-electron chi connectivity index (χ3n) is 4.51. The molecular formula is C22H23ClN4O2. The van der Waals surface area contributed by atoms with Crippen molar-refractivity contribution < 1.29 is 9.53 Å². The lowest BCUT2D eigenvalue weighted by Gasteiger charge is -2.15. The Morgan fingerprint density at radius 1 is 1.21 bits per heavy atom. The minimum atomic E-state index is -0.699. The van der Waals surface area contributed by atoms with Crippen LogP contribution >= 0.6 is 11.6 Å². The van der Waals surface area contributed by atoms with Gasteiger partial charge in [0, 0.05) is 23.1 Å². The van der Waals surface area contributed by atoms with E-state index in [-0.39, 0.29) is 5.91 Å². The van der Waals surface area contributed by atoms with Gasteiger partial charge in [-0.05, 0) is 68.7 Å². The van der Waals surface area contributed by atoms with E-state index in [0.29, 0.717) is 16.5 Å². The molecule has 0 saturated heterocycles. The number of amides is 1. The number of imidazole rings is 1. The van der Waals surface area contributed by atoms with E-state index in [1.807, 2.05) is 67.9 Å². The number of hydrogen-bond donors (Lipinski definition) is 1. The highest BCUT2D eigenvalue weighted by molar-refractivity contribution is 6.32. The molecule has 0 radical (unpaired) electrons. The molecule has 7 heteroatoms. The molecule has 0 aliphatic rings. The summed E-state index contributed by atoms with van der Waals surface area (Å²) in [6.45, 7) is 7.32. The van der Waals surface area contributed by atoms with Crippen LogP contribution in [0.4, 0.5) is 0 Å². The van der Waals surface area contributed by atoms with E-state index in [1.54, 1.807) is 19.4 Å². The van der Waals surface area contributed by atoms with Crippen molar-refractivity contribution in [1.29, 1.82) is 0 Å². The zero-order valence-electron chi connectivity index (χ0n) is 16.8. The first kappa shape index (κ1) is 20.6. The van der Waals surface area contributed by atoms with Gasteiger partial charge in [0.15, 0.2) is 6.10 Å². The number of nitrogens with one attached hydrogen (secondary N) is 1. The summed E-state index contributed by atoms with van der Waals surface area (Å²) in [5, 5.41) is 4.90. The summed E-state index contributed by atoms with van der Waals surface area (Å²) in [6.07, 6.45) is 4.64. The minimum absolute atomic E-state index is 0.329. The molecule has 3 rings (SSSR count). The van der Waals surface area contributed by atoms with Gasteiger partial charge in [-0.1, -0.05) is 23.7 Å². The Balaban J connectivity index is 1.61. The topological polar surface area (TPSA) is 68.5 Å². The first-order valence-corrected chi connectivity index (χ1v) is 9.59. The lowest BCUT2D eigenvalue weighted by molar-refractivity contribution is -0.127. The highest BCUT2D eigenvalue weighted by Crippen LogP contribution is 2.26. The van der Waals surface area contributed by atoms with Crippen LogP contribution in [0.5, 0.6) is 5.75 Å². The average Bonchev–Trinajstić information content (AvgIpc) is 3.24. The molecule has 1 aromatic heterocycles. The number of rotatable bonds is 6. The molecular weight excluding hydrogens is 388 g/mol. The maximum Gasteiger partial charge on any atom is 0.280 e. The fourth-order valence-electron chi connectivity index (χ4n) is 2.81. The van der Waals surface area contributed by atoms with Crippen molar-refractivity contribution in [2.45, 2.75) is 33.8 Å². The van der Waals surface area contributed by atoms with Crippen molar-refractivity contribution in [3.8, 4) is 11.4 Å². The standard InChI is InChI=1S/C22H23ClN4O2/c1-14-11-20(12-15(2)21(14)23)29-17(4)22(28)26-25-16(3)18-5-7-19(8-6-18)27-10-9-24-13-27/h5-13,17H,1-4H3,(H,26,28)/b25-16-/t17-/m1/s1. The molecule has 2 aromatic carbocycles. The Kier molecular flexibility index (Phi) is 6.34. The second kappa shape index (κ2) is 8.92. The molecule has 29 heavy (non-hydrogen) atoms. The molecule has 0 aliphatic carbocycles. The van der Waals surface area contributed by atoms with Crippen molar-refractivity contribution in [1.82, 2.24) is 15.0 Å². The second-order valence-electron chi connectivity index (χ2n) is 6.82. The highest BCUT2D eigenvalue weighted by Gasteiger charge is 2.15. The van der Waals surface area contributed by atoms with E-state index in [9.17, 15) is 4.79 Å². The number of benzene rings is 2. The predicted molar refractivity (Wildman–Crippen MR) is 115 cm³/mol. The van der Waals surface area contributed by atoms with Crippen LogP contribution in [0.3, 0.4) is 0 Å². The van der Waals surface area contributed by atoms with Crippen molar-refractivity contribution >= 4 is 23.2 Å². The quantitative estimate of drug-likeness (QED) is 0.482. The van der Waals surface area contributed by atoms with Crippen molar-refractivity contribution in [3.05, 3.63) is 76.8 Å². The first-order valence-electron chi connectivity index (χ1n) is 9.21. The molecule has 0 spiro atoms. The van der Waals surface area contributed by atoms with Crippen molar-refractivity contribution in [3.63, 3.8) is 0 Å². The minimum Gasteiger partial charge on any atom is -0.481 e. The molecule has 0 bridgehead atoms. The molecule has 6 nitrogen and oxygen atoms in total. The number of carbonyl (C=O) groups excluding carboxylic acids is 1. The molecule has 0 fully saturated rings. The molecule has 1 N–H and O–H groups in total. The molecule has 1 heterocycles. The van der Waals surface area contributed by atoms with Crippen LogP contribution < -0.4 is 10.2 Å². The number of aromatic nitrogens is 2. The number of carbonyl (C=O) groups is 1. The Morgan fingerprint density at radius 3 is 2.45 bits per heavy atom. The van der Waals surface area contributed by atoms with Crippen LogP contribution in [0, 0.1) is 13.8 Å². The van der Waals surface area contributed by atoms with Crippen LogP contribution in [0.1, 0.15) is 30.5 Å². The van der Waals surface area contributed by atoms with Crippen LogP contribution in [-0.2, 0) is 4.79 Å². The molecule has 150 valence electrons. The zero-order chi connectivity index (χ0) is 21.0. The smallest absolute Gasteiger partial charge is 0.280 e. The van der Waals surface area contributed by atoms with Gasteiger partial charge in [-0.2, -0.15) is 5.10 Å². The monoisotopic (exact) mass is 410 g/mol. The fourth-order valence-corrected chi connectivity index (χ4v) is 2.92. The van der Waals surface area contributed by atoms with Gasteiger partial charge >= 0.3 is 0 Å². The number of hydrogen-bond acceptors (Lipinski definition) is 4. The summed E-state index contributed by atoms with van der Waals surface area (Å²) in [4.78, 5) is 16.4. The summed E-state index contributed by atoms with van der Waals surface area (Å²) in [5.74, 6) is 0.271. The molecule has 3 aromatic rings. The molecule has 1 atom stereocenters. The third-order valence-corrected chi connectivity index (χ3v) is 5.11. The van der Waals surface area contributed by atoms with E-state index in [4.69, 9.17) is 16.3 Å². The maximum atomic E-state index is 12.3. The van der Waals surface area contributed by atoms with Gasteiger partial charge in [0.2, 0.25) is 0 Å². The van der Waals surface area contributed by atoms with Crippen molar-refractivity contribution in [2.75, 3.05) is 0 Å². The molecule has 0 saturated carbocycles. The van der Waals surface area contributed by atoms with Gasteiger partial charge in [-0.3, -0.25) is 4.79 Å². The largest absolute Gasteiger partial charge is 0.481 e. The second-order valence-corrected chi connectivity index (χ2v) is 7.20. The van der Waals surface area contributed by atoms with Gasteiger partial charge in [0.25, 0.3) is 5.91 Å². The number of nitrogens with zero attached hydrogens (tertiary/aromatic N) is 3. The van der Waals surface area contributed by atoms with Crippen LogP contribution in [0.25, 0.3) is 5.69 Å². The van der Waals surface area contributed by atoms with Crippen LogP contribution in [0.2, 0.25) is 5.02 Å². The van der Waals surface area contributed by atoms with Crippen LogP contribution in [0.15, 0.2) is 60.2 Å². The van der Waals surface area contributed by atoms with Crippen LogP contribution in [-0.4, -0.2) is 27.3 Å². The Bertz CT molecular complexity index is 1000. The van der Waals surface area contributed by atoms with Gasteiger partial charge in [0.05, 0.1) is 12.0 Å². The van der Waals surface area contributed by atoms with Gasteiger partial charge in [-0.25, -0.2) is 10.4 Å². The number of halogens is 1. The summed E-state index contributed by atoms with van der Waals surface area (Å²) < 4.78 is 7.65.